The third kappa shape index (κ3) is 3.74. The maximum atomic E-state index is 14.8. The van der Waals surface area contributed by atoms with E-state index >= 15 is 0 Å². The molecule has 10 heteroatoms. The molecule has 0 unspecified atom stereocenters. The minimum absolute atomic E-state index is 0.250. The summed E-state index contributed by atoms with van der Waals surface area (Å²) in [4.78, 5) is 21.4. The number of aromatic nitrogens is 6. The number of hydrogen-bond acceptors (Lipinski definition) is 4. The van der Waals surface area contributed by atoms with Crippen molar-refractivity contribution in [2.45, 2.75) is 31.8 Å². The first kappa shape index (κ1) is 19.9. The Morgan fingerprint density at radius 2 is 2.06 bits per heavy atom. The van der Waals surface area contributed by atoms with Gasteiger partial charge in [0.1, 0.15) is 0 Å². The number of fused-ring (bicyclic) bond motifs is 2. The van der Waals surface area contributed by atoms with Crippen LogP contribution in [-0.2, 0) is 13.1 Å². The minimum Gasteiger partial charge on any atom is -0.346 e. The Bertz CT molecular complexity index is 1510. The summed E-state index contributed by atoms with van der Waals surface area (Å²) in [6, 6.07) is 5.41. The van der Waals surface area contributed by atoms with E-state index in [2.05, 4.69) is 20.4 Å². The van der Waals surface area contributed by atoms with Crippen LogP contribution in [0.3, 0.4) is 0 Å². The average molecular weight is 464 g/mol. The van der Waals surface area contributed by atoms with Gasteiger partial charge in [0, 0.05) is 29.8 Å². The van der Waals surface area contributed by atoms with Gasteiger partial charge in [-0.1, -0.05) is 11.6 Å². The first-order chi connectivity index (χ1) is 16.0. The lowest BCUT2D eigenvalue weighted by atomic mass is 10.1. The number of carbonyl (C=O) groups excluding carboxylic acids is 1. The molecule has 1 N–H and O–H groups in total. The molecule has 5 heterocycles. The average Bonchev–Trinajstić information content (AvgIpc) is 3.20. The van der Waals surface area contributed by atoms with Gasteiger partial charge in [-0.15, -0.1) is 0 Å². The van der Waals surface area contributed by atoms with E-state index in [4.69, 9.17) is 11.6 Å². The second-order valence-electron chi connectivity index (χ2n) is 8.26. The number of rotatable bonds is 6. The monoisotopic (exact) mass is 463 g/mol. The molecule has 1 aliphatic carbocycles. The molecule has 166 valence electrons. The van der Waals surface area contributed by atoms with Crippen LogP contribution in [0.4, 0.5) is 4.39 Å². The highest BCUT2D eigenvalue weighted by molar-refractivity contribution is 6.30. The molecule has 8 nitrogen and oxygen atoms in total. The summed E-state index contributed by atoms with van der Waals surface area (Å²) in [6.07, 6.45) is 12.3. The normalized spacial score (nSPS) is 13.8. The van der Waals surface area contributed by atoms with E-state index in [1.54, 1.807) is 39.9 Å². The maximum absolute atomic E-state index is 14.8. The molecule has 5 aromatic heterocycles. The van der Waals surface area contributed by atoms with Crippen LogP contribution in [0.25, 0.3) is 11.2 Å². The fourth-order valence-corrected chi connectivity index (χ4v) is 4.18. The summed E-state index contributed by atoms with van der Waals surface area (Å²) >= 11 is 6.07. The van der Waals surface area contributed by atoms with E-state index in [9.17, 15) is 9.18 Å². The zero-order valence-electron chi connectivity index (χ0n) is 17.4. The van der Waals surface area contributed by atoms with Crippen molar-refractivity contribution in [1.29, 1.82) is 0 Å². The topological polar surface area (TPSA) is 81.5 Å². The molecule has 1 aliphatic rings. The van der Waals surface area contributed by atoms with Gasteiger partial charge in [0.25, 0.3) is 5.91 Å². The highest BCUT2D eigenvalue weighted by atomic mass is 35.5. The highest BCUT2D eigenvalue weighted by Gasteiger charge is 2.28. The van der Waals surface area contributed by atoms with E-state index in [1.807, 2.05) is 22.9 Å². The number of pyridine rings is 2. The van der Waals surface area contributed by atoms with Gasteiger partial charge >= 0.3 is 0 Å². The van der Waals surface area contributed by atoms with Gasteiger partial charge in [-0.2, -0.15) is 5.10 Å². The molecule has 0 aliphatic heterocycles. The molecular formula is C23H19ClFN7O. The molecule has 33 heavy (non-hydrogen) atoms. The van der Waals surface area contributed by atoms with Crippen molar-refractivity contribution in [1.82, 2.24) is 33.9 Å². The standard InChI is InChI=1S/C23H19ClFN7O/c24-16-3-5-31-13-27-19(20(31)7-16)9-26-23(33)15-8-28-32(10-15)12-17-11-30-6-4-18(14-1-2-14)21(25)22(30)29-17/h3-8,10-11,13-14H,1-2,9,12H2,(H,26,33). The lowest BCUT2D eigenvalue weighted by molar-refractivity contribution is 0.0950. The summed E-state index contributed by atoms with van der Waals surface area (Å²) in [5, 5.41) is 7.73. The van der Waals surface area contributed by atoms with Crippen LogP contribution in [0.1, 0.15) is 46.1 Å². The van der Waals surface area contributed by atoms with Crippen molar-refractivity contribution >= 4 is 28.7 Å². The molecule has 5 aromatic rings. The van der Waals surface area contributed by atoms with Gasteiger partial charge in [-0.05, 0) is 42.5 Å². The van der Waals surface area contributed by atoms with Gasteiger partial charge < -0.3 is 14.1 Å². The zero-order valence-corrected chi connectivity index (χ0v) is 18.2. The lowest BCUT2D eigenvalue weighted by Gasteiger charge is -2.02. The van der Waals surface area contributed by atoms with E-state index in [0.717, 1.165) is 29.6 Å². The summed E-state index contributed by atoms with van der Waals surface area (Å²) < 4.78 is 19.9. The SMILES string of the molecule is O=C(NCc1ncn2ccc(Cl)cc12)c1cnn(Cc2cn3ccc(C4CC4)c(F)c3n2)c1. The molecule has 6 rings (SSSR count). The van der Waals surface area contributed by atoms with Gasteiger partial charge in [0.05, 0.1) is 48.1 Å². The van der Waals surface area contributed by atoms with Crippen LogP contribution in [0.15, 0.2) is 55.5 Å². The minimum atomic E-state index is -0.264. The molecule has 0 spiro atoms. The predicted octanol–water partition coefficient (Wildman–Crippen LogP) is 3.83. The smallest absolute Gasteiger partial charge is 0.254 e. The molecule has 0 atom stereocenters. The quantitative estimate of drug-likeness (QED) is 0.415. The summed E-state index contributed by atoms with van der Waals surface area (Å²) in [6.45, 7) is 0.591. The van der Waals surface area contributed by atoms with Crippen LogP contribution in [0, 0.1) is 5.82 Å². The van der Waals surface area contributed by atoms with Crippen molar-refractivity contribution in [3.05, 3.63) is 88.9 Å². The fraction of sp³-hybridized carbons (Fsp3) is 0.217. The molecule has 0 aromatic carbocycles. The first-order valence-corrected chi connectivity index (χ1v) is 11.0. The molecule has 0 bridgehead atoms. The van der Waals surface area contributed by atoms with E-state index < -0.39 is 0 Å². The van der Waals surface area contributed by atoms with E-state index in [1.165, 1.54) is 6.20 Å². The molecule has 1 saturated carbocycles. The maximum Gasteiger partial charge on any atom is 0.254 e. The Hall–Kier alpha value is -3.72. The van der Waals surface area contributed by atoms with Gasteiger partial charge in [-0.25, -0.2) is 14.4 Å². The number of imidazole rings is 2. The number of nitrogens with zero attached hydrogens (tertiary/aromatic N) is 6. The second kappa shape index (κ2) is 7.70. The van der Waals surface area contributed by atoms with Crippen LogP contribution in [0.2, 0.25) is 5.02 Å². The number of amides is 1. The number of nitrogens with one attached hydrogen (secondary N) is 1. The number of halogens is 2. The predicted molar refractivity (Wildman–Crippen MR) is 120 cm³/mol. The van der Waals surface area contributed by atoms with Gasteiger partial charge in [0.2, 0.25) is 0 Å². The summed E-state index contributed by atoms with van der Waals surface area (Å²) in [5.74, 6) is -0.195. The van der Waals surface area contributed by atoms with Crippen molar-refractivity contribution < 1.29 is 9.18 Å². The third-order valence-electron chi connectivity index (χ3n) is 5.88. The molecule has 0 saturated heterocycles. The van der Waals surface area contributed by atoms with Gasteiger partial charge in [0.15, 0.2) is 11.5 Å². The summed E-state index contributed by atoms with van der Waals surface area (Å²) in [5.41, 5.74) is 3.70. The Kier molecular flexibility index (Phi) is 4.65. The van der Waals surface area contributed by atoms with Crippen molar-refractivity contribution in [3.63, 3.8) is 0 Å². The molecule has 1 fully saturated rings. The van der Waals surface area contributed by atoms with Crippen LogP contribution in [0.5, 0.6) is 0 Å². The van der Waals surface area contributed by atoms with E-state index in [-0.39, 0.29) is 18.3 Å². The van der Waals surface area contributed by atoms with Crippen LogP contribution in [-0.4, -0.2) is 34.5 Å². The van der Waals surface area contributed by atoms with Crippen molar-refractivity contribution in [3.8, 4) is 0 Å². The molecular weight excluding hydrogens is 445 g/mol. The fourth-order valence-electron chi connectivity index (χ4n) is 4.02. The highest BCUT2D eigenvalue weighted by Crippen LogP contribution is 2.41. The van der Waals surface area contributed by atoms with E-state index in [0.29, 0.717) is 34.4 Å². The summed E-state index contributed by atoms with van der Waals surface area (Å²) in [7, 11) is 0. The van der Waals surface area contributed by atoms with Crippen molar-refractivity contribution in [2.75, 3.05) is 0 Å². The Morgan fingerprint density at radius 1 is 1.21 bits per heavy atom. The van der Waals surface area contributed by atoms with Gasteiger partial charge in [-0.3, -0.25) is 9.48 Å². The Morgan fingerprint density at radius 3 is 2.91 bits per heavy atom. The largest absolute Gasteiger partial charge is 0.346 e. The van der Waals surface area contributed by atoms with Crippen molar-refractivity contribution in [2.24, 2.45) is 0 Å². The zero-order chi connectivity index (χ0) is 22.5. The Balaban J connectivity index is 1.15. The number of carbonyl (C=O) groups is 1. The lowest BCUT2D eigenvalue weighted by Crippen LogP contribution is -2.22. The molecule has 1 amide bonds. The number of hydrogen-bond donors (Lipinski definition) is 1. The van der Waals surface area contributed by atoms with Crippen LogP contribution < -0.4 is 5.32 Å². The second-order valence-corrected chi connectivity index (χ2v) is 8.70. The molecule has 0 radical (unpaired) electrons. The first-order valence-electron chi connectivity index (χ1n) is 10.6. The third-order valence-corrected chi connectivity index (χ3v) is 6.12. The Labute approximate surface area is 192 Å². The van der Waals surface area contributed by atoms with Crippen LogP contribution >= 0.6 is 11.6 Å².